The average molecular weight is 298 g/mol. The average Bonchev–Trinajstić information content (AvgIpc) is 2.45. The first-order valence-electron chi connectivity index (χ1n) is 5.91. The number of amides is 1. The fraction of sp³-hybridized carbons (Fsp3) is 0.0714. The first kappa shape index (κ1) is 14.8. The fourth-order valence-corrected chi connectivity index (χ4v) is 1.62. The summed E-state index contributed by atoms with van der Waals surface area (Å²) in [5.41, 5.74) is -0.817. The highest BCUT2D eigenvalue weighted by Crippen LogP contribution is 2.18. The van der Waals surface area contributed by atoms with Crippen LogP contribution in [0.4, 0.5) is 28.9 Å². The number of nitrogens with one attached hydrogen (secondary N) is 2. The number of para-hydroxylation sites is 1. The van der Waals surface area contributed by atoms with Gasteiger partial charge in [0.05, 0.1) is 12.2 Å². The van der Waals surface area contributed by atoms with Crippen molar-refractivity contribution < 1.29 is 22.4 Å². The van der Waals surface area contributed by atoms with Gasteiger partial charge in [0, 0.05) is 0 Å². The number of hydrogen-bond donors (Lipinski definition) is 2. The van der Waals surface area contributed by atoms with Crippen LogP contribution in [0.5, 0.6) is 0 Å². The van der Waals surface area contributed by atoms with Crippen LogP contribution in [0.3, 0.4) is 0 Å². The van der Waals surface area contributed by atoms with E-state index in [0.717, 1.165) is 24.3 Å². The van der Waals surface area contributed by atoms with Gasteiger partial charge in [-0.3, -0.25) is 4.79 Å². The lowest BCUT2D eigenvalue weighted by Crippen LogP contribution is -2.23. The van der Waals surface area contributed by atoms with Gasteiger partial charge in [0.25, 0.3) is 0 Å². The number of benzene rings is 2. The highest BCUT2D eigenvalue weighted by molar-refractivity contribution is 5.94. The van der Waals surface area contributed by atoms with Crippen LogP contribution in [0.1, 0.15) is 0 Å². The third-order valence-electron chi connectivity index (χ3n) is 2.62. The Balaban J connectivity index is 2.01. The monoisotopic (exact) mass is 298 g/mol. The van der Waals surface area contributed by atoms with E-state index < -0.39 is 41.4 Å². The lowest BCUT2D eigenvalue weighted by Gasteiger charge is -2.10. The van der Waals surface area contributed by atoms with E-state index in [9.17, 15) is 22.4 Å². The molecule has 110 valence electrons. The molecule has 0 fully saturated rings. The normalized spacial score (nSPS) is 10.3. The summed E-state index contributed by atoms with van der Waals surface area (Å²) < 4.78 is 52.9. The molecule has 7 heteroatoms. The Hall–Kier alpha value is -2.57. The van der Waals surface area contributed by atoms with Crippen molar-refractivity contribution in [1.82, 2.24) is 0 Å². The molecule has 2 aromatic rings. The summed E-state index contributed by atoms with van der Waals surface area (Å²) in [5.74, 6) is -4.87. The van der Waals surface area contributed by atoms with Crippen molar-refractivity contribution in [3.05, 3.63) is 59.7 Å². The van der Waals surface area contributed by atoms with Gasteiger partial charge in [-0.2, -0.15) is 0 Å². The number of rotatable bonds is 4. The van der Waals surface area contributed by atoms with Crippen molar-refractivity contribution in [3.8, 4) is 0 Å². The Kier molecular flexibility index (Phi) is 4.42. The number of halogens is 4. The number of hydrogen-bond acceptors (Lipinski definition) is 2. The molecule has 0 heterocycles. The maximum absolute atomic E-state index is 13.3. The summed E-state index contributed by atoms with van der Waals surface area (Å²) >= 11 is 0. The minimum absolute atomic E-state index is 0.223. The van der Waals surface area contributed by atoms with Crippen molar-refractivity contribution >= 4 is 17.3 Å². The second-order valence-electron chi connectivity index (χ2n) is 4.10. The van der Waals surface area contributed by atoms with Gasteiger partial charge >= 0.3 is 0 Å². The molecule has 0 saturated heterocycles. The van der Waals surface area contributed by atoms with E-state index in [-0.39, 0.29) is 5.69 Å². The van der Waals surface area contributed by atoms with E-state index >= 15 is 0 Å². The first-order chi connectivity index (χ1) is 9.99. The van der Waals surface area contributed by atoms with Gasteiger partial charge in [-0.1, -0.05) is 12.1 Å². The molecule has 0 aliphatic heterocycles. The van der Waals surface area contributed by atoms with E-state index in [4.69, 9.17) is 0 Å². The maximum atomic E-state index is 13.3. The Bertz CT molecular complexity index is 656. The summed E-state index contributed by atoms with van der Waals surface area (Å²) in [5, 5.41) is 4.36. The summed E-state index contributed by atoms with van der Waals surface area (Å²) in [6, 6.07) is 6.54. The highest BCUT2D eigenvalue weighted by atomic mass is 19.2. The largest absolute Gasteiger partial charge is 0.374 e. The third kappa shape index (κ3) is 3.50. The predicted octanol–water partition coefficient (Wildman–Crippen LogP) is 3.29. The molecule has 3 nitrogen and oxygen atoms in total. The van der Waals surface area contributed by atoms with Crippen molar-refractivity contribution in [3.63, 3.8) is 0 Å². The van der Waals surface area contributed by atoms with Crippen molar-refractivity contribution in [2.75, 3.05) is 17.2 Å². The summed E-state index contributed by atoms with van der Waals surface area (Å²) in [6.45, 7) is -0.478. The van der Waals surface area contributed by atoms with E-state index in [2.05, 4.69) is 5.32 Å². The van der Waals surface area contributed by atoms with Crippen LogP contribution in [0.2, 0.25) is 0 Å². The smallest absolute Gasteiger partial charge is 0.243 e. The SMILES string of the molecule is O=C(CNc1cccc(F)c1F)Nc1c(F)cccc1F. The van der Waals surface area contributed by atoms with Gasteiger partial charge in [0.1, 0.15) is 17.3 Å². The van der Waals surface area contributed by atoms with Crippen LogP contribution < -0.4 is 10.6 Å². The molecule has 0 aromatic heterocycles. The quantitative estimate of drug-likeness (QED) is 0.850. The van der Waals surface area contributed by atoms with Crippen LogP contribution >= 0.6 is 0 Å². The molecular formula is C14H10F4N2O. The zero-order chi connectivity index (χ0) is 15.4. The summed E-state index contributed by atoms with van der Waals surface area (Å²) in [4.78, 5) is 11.6. The predicted molar refractivity (Wildman–Crippen MR) is 69.8 cm³/mol. The summed E-state index contributed by atoms with van der Waals surface area (Å²) in [6.07, 6.45) is 0. The second kappa shape index (κ2) is 6.25. The van der Waals surface area contributed by atoms with Gasteiger partial charge in [-0.05, 0) is 24.3 Å². The first-order valence-corrected chi connectivity index (χ1v) is 5.91. The Morgan fingerprint density at radius 3 is 2.14 bits per heavy atom. The van der Waals surface area contributed by atoms with Crippen molar-refractivity contribution in [1.29, 1.82) is 0 Å². The maximum Gasteiger partial charge on any atom is 0.243 e. The molecule has 2 N–H and O–H groups in total. The van der Waals surface area contributed by atoms with E-state index in [1.54, 1.807) is 0 Å². The minimum Gasteiger partial charge on any atom is -0.374 e. The number of anilines is 2. The molecular weight excluding hydrogens is 288 g/mol. The van der Waals surface area contributed by atoms with Crippen molar-refractivity contribution in [2.24, 2.45) is 0 Å². The molecule has 0 spiro atoms. The lowest BCUT2D eigenvalue weighted by atomic mass is 10.2. The van der Waals surface area contributed by atoms with Crippen LogP contribution in [0, 0.1) is 23.3 Å². The lowest BCUT2D eigenvalue weighted by molar-refractivity contribution is -0.114. The molecule has 21 heavy (non-hydrogen) atoms. The molecule has 2 rings (SSSR count). The van der Waals surface area contributed by atoms with Crippen LogP contribution in [0.15, 0.2) is 36.4 Å². The zero-order valence-corrected chi connectivity index (χ0v) is 10.6. The van der Waals surface area contributed by atoms with Gasteiger partial charge < -0.3 is 10.6 Å². The van der Waals surface area contributed by atoms with Gasteiger partial charge in [-0.15, -0.1) is 0 Å². The van der Waals surface area contributed by atoms with Crippen LogP contribution in [0.25, 0.3) is 0 Å². The highest BCUT2D eigenvalue weighted by Gasteiger charge is 2.13. The Morgan fingerprint density at radius 2 is 1.48 bits per heavy atom. The molecule has 0 bridgehead atoms. The minimum atomic E-state index is -1.14. The van der Waals surface area contributed by atoms with Gasteiger partial charge in [0.15, 0.2) is 11.6 Å². The second-order valence-corrected chi connectivity index (χ2v) is 4.10. The molecule has 0 aliphatic carbocycles. The topological polar surface area (TPSA) is 41.1 Å². The van der Waals surface area contributed by atoms with E-state index in [1.807, 2.05) is 5.32 Å². The standard InChI is InChI=1S/C14H10F4N2O/c15-8-3-2-6-11(13(8)18)19-7-12(21)20-14-9(16)4-1-5-10(14)17/h1-6,19H,7H2,(H,20,21). The number of carbonyl (C=O) groups excluding carboxylic acids is 1. The Morgan fingerprint density at radius 1 is 0.905 bits per heavy atom. The molecule has 0 atom stereocenters. The fourth-order valence-electron chi connectivity index (χ4n) is 1.62. The molecule has 1 amide bonds. The van der Waals surface area contributed by atoms with Gasteiger partial charge in [-0.25, -0.2) is 17.6 Å². The molecule has 0 unspecified atom stereocenters. The number of carbonyl (C=O) groups is 1. The zero-order valence-electron chi connectivity index (χ0n) is 10.6. The molecule has 0 aliphatic rings. The third-order valence-corrected chi connectivity index (χ3v) is 2.62. The van der Waals surface area contributed by atoms with E-state index in [1.165, 1.54) is 12.1 Å². The summed E-state index contributed by atoms with van der Waals surface area (Å²) in [7, 11) is 0. The Labute approximate surface area is 117 Å². The molecule has 0 radical (unpaired) electrons. The van der Waals surface area contributed by atoms with Gasteiger partial charge in [0.2, 0.25) is 5.91 Å². The van der Waals surface area contributed by atoms with Crippen molar-refractivity contribution in [2.45, 2.75) is 0 Å². The molecule has 2 aromatic carbocycles. The van der Waals surface area contributed by atoms with E-state index in [0.29, 0.717) is 0 Å². The molecule has 0 saturated carbocycles. The van der Waals surface area contributed by atoms with Crippen LogP contribution in [-0.4, -0.2) is 12.5 Å². The van der Waals surface area contributed by atoms with Crippen LogP contribution in [-0.2, 0) is 4.79 Å².